The van der Waals surface area contributed by atoms with E-state index in [1.807, 2.05) is 0 Å². The van der Waals surface area contributed by atoms with Crippen LogP contribution in [0, 0.1) is 5.82 Å². The lowest BCUT2D eigenvalue weighted by Crippen LogP contribution is -2.45. The molecular formula is C22H19ClF4N4O4S. The number of benzene rings is 2. The standard InChI is InChI=1S/C22H19ClF4N4O4S/c23-13-5-3-12(4-6-13)10-31-17-8-14(20-30-29-19(35-20)2-1-7-22(25,26)27)15(24)9-18(17)36(33,34)11-16(28)21(31)32/h3-6,8-9,16H,1-2,7,10-11,28H2/t16-/m0/s1. The summed E-state index contributed by atoms with van der Waals surface area (Å²) in [4.78, 5) is 13.8. The minimum absolute atomic E-state index is 0.0934. The third-order valence-electron chi connectivity index (χ3n) is 5.46. The number of carbonyl (C=O) groups is 1. The fraction of sp³-hybridized carbons (Fsp3) is 0.318. The normalized spacial score (nSPS) is 17.7. The third-order valence-corrected chi connectivity index (χ3v) is 7.51. The summed E-state index contributed by atoms with van der Waals surface area (Å²) in [5.74, 6) is -2.98. The number of alkyl halides is 3. The molecular weight excluding hydrogens is 528 g/mol. The summed E-state index contributed by atoms with van der Waals surface area (Å²) >= 11 is 5.91. The average Bonchev–Trinajstić information content (AvgIpc) is 3.23. The lowest BCUT2D eigenvalue weighted by atomic mass is 10.1. The number of sulfone groups is 1. The topological polar surface area (TPSA) is 119 Å². The Morgan fingerprint density at radius 2 is 1.86 bits per heavy atom. The van der Waals surface area contributed by atoms with Crippen LogP contribution in [0.5, 0.6) is 0 Å². The first kappa shape index (κ1) is 26.0. The van der Waals surface area contributed by atoms with E-state index in [1.165, 1.54) is 0 Å². The smallest absolute Gasteiger partial charge is 0.389 e. The number of fused-ring (bicyclic) bond motifs is 1. The SMILES string of the molecule is N[C@H]1CS(=O)(=O)c2cc(F)c(-c3nnc(CCCC(F)(F)F)o3)cc2N(Cc2ccc(Cl)cc2)C1=O. The molecule has 0 saturated carbocycles. The highest BCUT2D eigenvalue weighted by Crippen LogP contribution is 2.37. The number of rotatable bonds is 6. The second kappa shape index (κ2) is 9.79. The Morgan fingerprint density at radius 1 is 1.17 bits per heavy atom. The van der Waals surface area contributed by atoms with Gasteiger partial charge in [-0.25, -0.2) is 12.8 Å². The Bertz CT molecular complexity index is 1390. The molecule has 1 aromatic heterocycles. The van der Waals surface area contributed by atoms with Crippen LogP contribution in [-0.4, -0.2) is 42.5 Å². The Kier molecular flexibility index (Phi) is 7.08. The zero-order valence-corrected chi connectivity index (χ0v) is 20.0. The van der Waals surface area contributed by atoms with Gasteiger partial charge in [0.25, 0.3) is 5.89 Å². The number of nitrogens with zero attached hydrogens (tertiary/aromatic N) is 3. The van der Waals surface area contributed by atoms with Crippen LogP contribution in [0.1, 0.15) is 24.3 Å². The van der Waals surface area contributed by atoms with Crippen molar-refractivity contribution in [3.63, 3.8) is 0 Å². The van der Waals surface area contributed by atoms with Crippen molar-refractivity contribution in [2.45, 2.75) is 42.9 Å². The van der Waals surface area contributed by atoms with Gasteiger partial charge in [0.15, 0.2) is 9.84 Å². The summed E-state index contributed by atoms with van der Waals surface area (Å²) < 4.78 is 83.4. The maximum absolute atomic E-state index is 15.1. The van der Waals surface area contributed by atoms with Crippen molar-refractivity contribution in [1.82, 2.24) is 10.2 Å². The summed E-state index contributed by atoms with van der Waals surface area (Å²) in [7, 11) is -4.16. The molecule has 14 heteroatoms. The highest BCUT2D eigenvalue weighted by molar-refractivity contribution is 7.91. The van der Waals surface area contributed by atoms with Crippen LogP contribution in [0.2, 0.25) is 5.02 Å². The van der Waals surface area contributed by atoms with Gasteiger partial charge in [0, 0.05) is 17.9 Å². The molecule has 4 rings (SSSR count). The van der Waals surface area contributed by atoms with Gasteiger partial charge in [0.2, 0.25) is 11.8 Å². The zero-order chi connectivity index (χ0) is 26.3. The quantitative estimate of drug-likeness (QED) is 0.463. The number of carbonyl (C=O) groups excluding carboxylic acids is 1. The highest BCUT2D eigenvalue weighted by atomic mass is 35.5. The van der Waals surface area contributed by atoms with Gasteiger partial charge in [-0.2, -0.15) is 13.2 Å². The number of anilines is 1. The first-order valence-corrected chi connectivity index (χ1v) is 12.6. The summed E-state index contributed by atoms with van der Waals surface area (Å²) in [6, 6.07) is 6.88. The van der Waals surface area contributed by atoms with Gasteiger partial charge >= 0.3 is 6.18 Å². The first-order valence-electron chi connectivity index (χ1n) is 10.6. The van der Waals surface area contributed by atoms with Crippen LogP contribution in [0.25, 0.3) is 11.5 Å². The van der Waals surface area contributed by atoms with Gasteiger partial charge in [-0.1, -0.05) is 23.7 Å². The highest BCUT2D eigenvalue weighted by Gasteiger charge is 2.37. The summed E-state index contributed by atoms with van der Waals surface area (Å²) in [5.41, 5.74) is 6.00. The van der Waals surface area contributed by atoms with Crippen molar-refractivity contribution in [2.75, 3.05) is 10.7 Å². The molecule has 192 valence electrons. The van der Waals surface area contributed by atoms with Crippen molar-refractivity contribution in [3.8, 4) is 11.5 Å². The number of hydrogen-bond acceptors (Lipinski definition) is 7. The molecule has 3 aromatic rings. The molecule has 0 spiro atoms. The van der Waals surface area contributed by atoms with Crippen molar-refractivity contribution >= 4 is 33.0 Å². The summed E-state index contributed by atoms with van der Waals surface area (Å²) in [5, 5.41) is 7.80. The number of aromatic nitrogens is 2. The molecule has 0 radical (unpaired) electrons. The molecule has 36 heavy (non-hydrogen) atoms. The van der Waals surface area contributed by atoms with Crippen LogP contribution in [0.3, 0.4) is 0 Å². The van der Waals surface area contributed by atoms with Gasteiger partial charge in [0.1, 0.15) is 5.82 Å². The van der Waals surface area contributed by atoms with Gasteiger partial charge < -0.3 is 15.1 Å². The van der Waals surface area contributed by atoms with Gasteiger partial charge in [-0.05, 0) is 36.2 Å². The molecule has 1 amide bonds. The largest absolute Gasteiger partial charge is 0.421 e. The fourth-order valence-electron chi connectivity index (χ4n) is 3.72. The number of halogens is 5. The number of amides is 1. The Balaban J connectivity index is 1.75. The number of nitrogens with two attached hydrogens (primary N) is 1. The van der Waals surface area contributed by atoms with E-state index in [4.69, 9.17) is 21.8 Å². The van der Waals surface area contributed by atoms with E-state index < -0.39 is 50.8 Å². The molecule has 0 saturated heterocycles. The Hall–Kier alpha value is -3.03. The fourth-order valence-corrected chi connectivity index (χ4v) is 5.41. The monoisotopic (exact) mass is 546 g/mol. The Labute approximate surface area is 208 Å². The van der Waals surface area contributed by atoms with Crippen LogP contribution < -0.4 is 10.6 Å². The second-order valence-electron chi connectivity index (χ2n) is 8.21. The lowest BCUT2D eigenvalue weighted by molar-refractivity contribution is -0.135. The molecule has 0 unspecified atom stereocenters. The molecule has 0 fully saturated rings. The predicted molar refractivity (Wildman–Crippen MR) is 121 cm³/mol. The van der Waals surface area contributed by atoms with Crippen molar-refractivity contribution in [2.24, 2.45) is 5.73 Å². The van der Waals surface area contributed by atoms with E-state index in [2.05, 4.69) is 10.2 Å². The minimum Gasteiger partial charge on any atom is -0.421 e. The van der Waals surface area contributed by atoms with Gasteiger partial charge in [-0.15, -0.1) is 10.2 Å². The average molecular weight is 547 g/mol. The second-order valence-corrected chi connectivity index (χ2v) is 10.6. The van der Waals surface area contributed by atoms with Crippen LogP contribution in [0.15, 0.2) is 45.7 Å². The summed E-state index contributed by atoms with van der Waals surface area (Å²) in [6.07, 6.45) is -5.91. The van der Waals surface area contributed by atoms with E-state index in [0.717, 1.165) is 17.0 Å². The molecule has 1 aliphatic heterocycles. The predicted octanol–water partition coefficient (Wildman–Crippen LogP) is 4.06. The molecule has 0 aliphatic carbocycles. The molecule has 8 nitrogen and oxygen atoms in total. The van der Waals surface area contributed by atoms with Crippen molar-refractivity contribution in [3.05, 3.63) is 58.7 Å². The van der Waals surface area contributed by atoms with E-state index >= 15 is 4.39 Å². The summed E-state index contributed by atoms with van der Waals surface area (Å²) in [6.45, 7) is -0.0934. The molecule has 1 aliphatic rings. The van der Waals surface area contributed by atoms with E-state index in [9.17, 15) is 26.4 Å². The molecule has 1 atom stereocenters. The molecule has 0 bridgehead atoms. The third kappa shape index (κ3) is 5.68. The van der Waals surface area contributed by atoms with Crippen LogP contribution >= 0.6 is 11.6 Å². The lowest BCUT2D eigenvalue weighted by Gasteiger charge is -2.24. The molecule has 2 N–H and O–H groups in total. The van der Waals surface area contributed by atoms with Gasteiger partial charge in [0.05, 0.1) is 34.5 Å². The van der Waals surface area contributed by atoms with Crippen molar-refractivity contribution in [1.29, 1.82) is 0 Å². The van der Waals surface area contributed by atoms with Gasteiger partial charge in [-0.3, -0.25) is 4.79 Å². The minimum atomic E-state index is -4.35. The Morgan fingerprint density at radius 3 is 2.53 bits per heavy atom. The molecule has 2 heterocycles. The molecule has 2 aromatic carbocycles. The van der Waals surface area contributed by atoms with Crippen LogP contribution in [0.4, 0.5) is 23.2 Å². The van der Waals surface area contributed by atoms with E-state index in [0.29, 0.717) is 10.6 Å². The first-order chi connectivity index (χ1) is 16.8. The van der Waals surface area contributed by atoms with E-state index in [1.54, 1.807) is 24.3 Å². The van der Waals surface area contributed by atoms with E-state index in [-0.39, 0.29) is 42.4 Å². The maximum Gasteiger partial charge on any atom is 0.389 e. The maximum atomic E-state index is 15.1. The van der Waals surface area contributed by atoms with Crippen molar-refractivity contribution < 1.29 is 35.2 Å². The zero-order valence-electron chi connectivity index (χ0n) is 18.4. The number of hydrogen-bond donors (Lipinski definition) is 1. The van der Waals surface area contributed by atoms with Crippen LogP contribution in [-0.2, 0) is 27.6 Å². The number of aryl methyl sites for hydroxylation is 1.